The largest absolute Gasteiger partial charge is 0.476 e. The van der Waals surface area contributed by atoms with Crippen molar-refractivity contribution in [2.45, 2.75) is 13.0 Å². The first-order chi connectivity index (χ1) is 8.99. The van der Waals surface area contributed by atoms with Gasteiger partial charge in [0.15, 0.2) is 11.7 Å². The zero-order valence-corrected chi connectivity index (χ0v) is 10.7. The molecule has 1 heterocycles. The molecule has 0 saturated heterocycles. The molecule has 3 N–H and O–H groups in total. The Kier molecular flexibility index (Phi) is 3.15. The summed E-state index contributed by atoms with van der Waals surface area (Å²) in [6.45, 7) is 1.87. The maximum Gasteiger partial charge on any atom is 0.355 e. The van der Waals surface area contributed by atoms with Gasteiger partial charge >= 0.3 is 5.97 Å². The summed E-state index contributed by atoms with van der Waals surface area (Å²) < 4.78 is 0. The predicted molar refractivity (Wildman–Crippen MR) is 69.7 cm³/mol. The van der Waals surface area contributed by atoms with Gasteiger partial charge in [0.05, 0.1) is 17.5 Å². The third-order valence-corrected chi connectivity index (χ3v) is 3.14. The summed E-state index contributed by atoms with van der Waals surface area (Å²) in [6, 6.07) is 8.58. The molecule has 1 aliphatic rings. The summed E-state index contributed by atoms with van der Waals surface area (Å²) in [4.78, 5) is 11.4. The molecular formula is C13H14N4O2. The van der Waals surface area contributed by atoms with Gasteiger partial charge in [-0.05, 0) is 18.6 Å². The molecule has 0 radical (unpaired) electrons. The van der Waals surface area contributed by atoms with Gasteiger partial charge in [-0.15, -0.1) is 0 Å². The van der Waals surface area contributed by atoms with Gasteiger partial charge in [0.1, 0.15) is 0 Å². The third-order valence-electron chi connectivity index (χ3n) is 3.14. The van der Waals surface area contributed by atoms with Gasteiger partial charge in [-0.1, -0.05) is 18.2 Å². The number of anilines is 1. The van der Waals surface area contributed by atoms with Crippen molar-refractivity contribution in [3.05, 3.63) is 41.2 Å². The average molecular weight is 258 g/mol. The molecule has 1 unspecified atom stereocenters. The fourth-order valence-corrected chi connectivity index (χ4v) is 2.18. The molecule has 0 aromatic heterocycles. The number of carbonyl (C=O) groups is 1. The fourth-order valence-electron chi connectivity index (χ4n) is 2.18. The van der Waals surface area contributed by atoms with Crippen LogP contribution in [-0.2, 0) is 4.79 Å². The van der Waals surface area contributed by atoms with Gasteiger partial charge in [-0.2, -0.15) is 10.3 Å². The molecule has 1 aromatic carbocycles. The molecule has 19 heavy (non-hydrogen) atoms. The molecule has 98 valence electrons. The zero-order chi connectivity index (χ0) is 14.2. The number of carboxylic acid groups (broad SMARTS) is 1. The van der Waals surface area contributed by atoms with Crippen LogP contribution >= 0.6 is 0 Å². The van der Waals surface area contributed by atoms with Gasteiger partial charge in [-0.25, -0.2) is 4.79 Å². The Morgan fingerprint density at radius 3 is 2.63 bits per heavy atom. The van der Waals surface area contributed by atoms with Crippen molar-refractivity contribution in [1.82, 2.24) is 5.01 Å². The lowest BCUT2D eigenvalue weighted by molar-refractivity contribution is -0.132. The van der Waals surface area contributed by atoms with Gasteiger partial charge in [0.25, 0.3) is 0 Å². The number of benzene rings is 1. The van der Waals surface area contributed by atoms with E-state index in [0.29, 0.717) is 5.69 Å². The van der Waals surface area contributed by atoms with Crippen LogP contribution in [0.2, 0.25) is 0 Å². The standard InChI is InChI=1S/C13H14N4O2/c1-8-5-3-4-6-9(8)17-12(13(18)19)11(15)10(7-14)16(17)2/h3-6,10H,15H2,1-2H3,(H,18,19). The van der Waals surface area contributed by atoms with Gasteiger partial charge < -0.3 is 10.8 Å². The van der Waals surface area contributed by atoms with E-state index in [1.165, 1.54) is 10.0 Å². The molecule has 2 rings (SSSR count). The summed E-state index contributed by atoms with van der Waals surface area (Å²) in [5.41, 5.74) is 7.39. The molecule has 0 spiro atoms. The van der Waals surface area contributed by atoms with Crippen molar-refractivity contribution in [2.75, 3.05) is 12.1 Å². The van der Waals surface area contributed by atoms with Crippen LogP contribution in [0.4, 0.5) is 5.69 Å². The predicted octanol–water partition coefficient (Wildman–Crippen LogP) is 0.809. The summed E-state index contributed by atoms with van der Waals surface area (Å²) in [5, 5.41) is 21.4. The Labute approximate surface area is 110 Å². The van der Waals surface area contributed by atoms with E-state index < -0.39 is 12.0 Å². The Bertz CT molecular complexity index is 603. The summed E-state index contributed by atoms with van der Waals surface area (Å²) in [7, 11) is 1.64. The minimum Gasteiger partial charge on any atom is -0.476 e. The number of carboxylic acids is 1. The van der Waals surface area contributed by atoms with Crippen LogP contribution in [0, 0.1) is 18.3 Å². The minimum atomic E-state index is -1.15. The Hall–Kier alpha value is -2.52. The van der Waals surface area contributed by atoms with Crippen molar-refractivity contribution in [2.24, 2.45) is 5.73 Å². The topological polar surface area (TPSA) is 93.6 Å². The number of nitrogens with zero attached hydrogens (tertiary/aromatic N) is 3. The highest BCUT2D eigenvalue weighted by molar-refractivity contribution is 5.93. The Morgan fingerprint density at radius 1 is 1.47 bits per heavy atom. The van der Waals surface area contributed by atoms with Crippen LogP contribution in [0.1, 0.15) is 5.56 Å². The molecule has 6 nitrogen and oxygen atoms in total. The first-order valence-electron chi connectivity index (χ1n) is 5.70. The summed E-state index contributed by atoms with van der Waals surface area (Å²) >= 11 is 0. The highest BCUT2D eigenvalue weighted by atomic mass is 16.4. The molecule has 1 aromatic rings. The van der Waals surface area contributed by atoms with E-state index in [0.717, 1.165) is 5.56 Å². The van der Waals surface area contributed by atoms with Crippen LogP contribution in [0.25, 0.3) is 0 Å². The van der Waals surface area contributed by atoms with E-state index in [-0.39, 0.29) is 11.4 Å². The monoisotopic (exact) mass is 258 g/mol. The summed E-state index contributed by atoms with van der Waals surface area (Å²) in [5.74, 6) is -1.15. The molecule has 0 bridgehead atoms. The van der Waals surface area contributed by atoms with Gasteiger partial charge in [-0.3, -0.25) is 5.01 Å². The quantitative estimate of drug-likeness (QED) is 0.815. The number of aryl methyl sites for hydroxylation is 1. The van der Waals surface area contributed by atoms with Crippen molar-refractivity contribution < 1.29 is 9.90 Å². The number of nitrogens with two attached hydrogens (primary N) is 1. The van der Waals surface area contributed by atoms with E-state index in [9.17, 15) is 9.90 Å². The maximum atomic E-state index is 11.4. The minimum absolute atomic E-state index is 0.0563. The second-order valence-corrected chi connectivity index (χ2v) is 4.31. The number of hydrogen-bond acceptors (Lipinski definition) is 5. The number of nitriles is 1. The van der Waals surface area contributed by atoms with Crippen molar-refractivity contribution in [1.29, 1.82) is 5.26 Å². The second kappa shape index (κ2) is 4.63. The van der Waals surface area contributed by atoms with Crippen molar-refractivity contribution in [3.63, 3.8) is 0 Å². The lowest BCUT2D eigenvalue weighted by Gasteiger charge is -2.30. The van der Waals surface area contributed by atoms with E-state index in [1.807, 2.05) is 31.2 Å². The molecule has 6 heteroatoms. The van der Waals surface area contributed by atoms with Crippen LogP contribution in [-0.4, -0.2) is 29.2 Å². The molecular weight excluding hydrogens is 244 g/mol. The smallest absolute Gasteiger partial charge is 0.355 e. The number of hydrogen-bond donors (Lipinski definition) is 2. The molecule has 1 atom stereocenters. The molecule has 0 fully saturated rings. The van der Waals surface area contributed by atoms with E-state index in [4.69, 9.17) is 11.0 Å². The second-order valence-electron chi connectivity index (χ2n) is 4.31. The number of para-hydroxylation sites is 1. The fraction of sp³-hybridized carbons (Fsp3) is 0.231. The van der Waals surface area contributed by atoms with Crippen LogP contribution < -0.4 is 10.7 Å². The summed E-state index contributed by atoms with van der Waals surface area (Å²) in [6.07, 6.45) is 0. The van der Waals surface area contributed by atoms with Crippen LogP contribution in [0.3, 0.4) is 0 Å². The van der Waals surface area contributed by atoms with Crippen molar-refractivity contribution >= 4 is 11.7 Å². The highest BCUT2D eigenvalue weighted by Crippen LogP contribution is 2.32. The third kappa shape index (κ3) is 1.90. The van der Waals surface area contributed by atoms with E-state index in [2.05, 4.69) is 0 Å². The van der Waals surface area contributed by atoms with E-state index >= 15 is 0 Å². The number of aliphatic carboxylic acids is 1. The van der Waals surface area contributed by atoms with Gasteiger partial charge in [0.2, 0.25) is 0 Å². The first kappa shape index (κ1) is 12.9. The number of hydrazine groups is 1. The molecule has 1 aliphatic heterocycles. The van der Waals surface area contributed by atoms with Crippen LogP contribution in [0.15, 0.2) is 35.7 Å². The number of rotatable bonds is 2. The Balaban J connectivity index is 2.60. The van der Waals surface area contributed by atoms with E-state index in [1.54, 1.807) is 13.1 Å². The van der Waals surface area contributed by atoms with Crippen molar-refractivity contribution in [3.8, 4) is 6.07 Å². The number of likely N-dealkylation sites (N-methyl/N-ethyl adjacent to an activating group) is 1. The zero-order valence-electron chi connectivity index (χ0n) is 10.7. The lowest BCUT2D eigenvalue weighted by atomic mass is 10.2. The molecule has 0 aliphatic carbocycles. The van der Waals surface area contributed by atoms with Gasteiger partial charge in [0, 0.05) is 7.05 Å². The van der Waals surface area contributed by atoms with Crippen LogP contribution in [0.5, 0.6) is 0 Å². The normalized spacial score (nSPS) is 19.6. The average Bonchev–Trinajstić information content (AvgIpc) is 2.61. The SMILES string of the molecule is Cc1ccccc1N1C(C(=O)O)=C(N)C(C#N)N1C. The molecule has 0 saturated carbocycles. The lowest BCUT2D eigenvalue weighted by Crippen LogP contribution is -2.41. The highest BCUT2D eigenvalue weighted by Gasteiger charge is 2.40. The Morgan fingerprint density at radius 2 is 2.11 bits per heavy atom. The first-order valence-corrected chi connectivity index (χ1v) is 5.70. The molecule has 0 amide bonds. The maximum absolute atomic E-state index is 11.4.